The highest BCUT2D eigenvalue weighted by atomic mass is 35.5. The maximum Gasteiger partial charge on any atom is 0.387 e. The van der Waals surface area contributed by atoms with E-state index in [-0.39, 0.29) is 17.9 Å². The van der Waals surface area contributed by atoms with Gasteiger partial charge in [0.25, 0.3) is 0 Å². The lowest BCUT2D eigenvalue weighted by Gasteiger charge is -2.21. The van der Waals surface area contributed by atoms with E-state index in [1.54, 1.807) is 12.1 Å². The van der Waals surface area contributed by atoms with Gasteiger partial charge in [0.05, 0.1) is 21.0 Å². The molecule has 2 heterocycles. The fourth-order valence-electron chi connectivity index (χ4n) is 3.18. The van der Waals surface area contributed by atoms with Crippen molar-refractivity contribution >= 4 is 52.1 Å². The van der Waals surface area contributed by atoms with Gasteiger partial charge in [-0.3, -0.25) is 4.98 Å². The zero-order chi connectivity index (χ0) is 24.2. The molecular formula is C23H18Cl3F2NO4S. The van der Waals surface area contributed by atoms with Gasteiger partial charge in [-0.15, -0.1) is 11.3 Å². The topological polar surface area (TPSA) is 57.7 Å². The molecule has 1 aromatic carbocycles. The monoisotopic (exact) mass is 547 g/mol. The van der Waals surface area contributed by atoms with Crippen molar-refractivity contribution in [3.8, 4) is 11.5 Å². The Kier molecular flexibility index (Phi) is 8.14. The number of esters is 1. The predicted octanol–water partition coefficient (Wildman–Crippen LogP) is 7.63. The summed E-state index contributed by atoms with van der Waals surface area (Å²) in [7, 11) is 0. The summed E-state index contributed by atoms with van der Waals surface area (Å²) in [6.07, 6.45) is 4.16. The van der Waals surface area contributed by atoms with Crippen LogP contribution >= 0.6 is 46.1 Å². The molecule has 0 radical (unpaired) electrons. The lowest BCUT2D eigenvalue weighted by Crippen LogP contribution is -2.15. The lowest BCUT2D eigenvalue weighted by molar-refractivity contribution is -0.0515. The van der Waals surface area contributed by atoms with E-state index in [9.17, 15) is 13.6 Å². The van der Waals surface area contributed by atoms with Gasteiger partial charge in [-0.1, -0.05) is 40.9 Å². The van der Waals surface area contributed by atoms with Gasteiger partial charge in [-0.05, 0) is 54.2 Å². The molecule has 0 amide bonds. The zero-order valence-electron chi connectivity index (χ0n) is 17.5. The van der Waals surface area contributed by atoms with E-state index in [4.69, 9.17) is 44.3 Å². The van der Waals surface area contributed by atoms with Gasteiger partial charge in [-0.2, -0.15) is 8.78 Å². The summed E-state index contributed by atoms with van der Waals surface area (Å²) in [6, 6.07) is 7.58. The summed E-state index contributed by atoms with van der Waals surface area (Å²) in [6.45, 7) is -2.64. The summed E-state index contributed by atoms with van der Waals surface area (Å²) >= 11 is 19.6. The van der Waals surface area contributed by atoms with Crippen molar-refractivity contribution < 1.29 is 27.8 Å². The van der Waals surface area contributed by atoms with E-state index in [1.165, 1.54) is 30.6 Å². The zero-order valence-corrected chi connectivity index (χ0v) is 20.6. The van der Waals surface area contributed by atoms with Gasteiger partial charge in [0.1, 0.15) is 11.0 Å². The average Bonchev–Trinajstić information content (AvgIpc) is 3.52. The second-order valence-corrected chi connectivity index (χ2v) is 10.2. The molecule has 3 aromatic rings. The maximum atomic E-state index is 12.9. The third-order valence-corrected chi connectivity index (χ3v) is 6.96. The van der Waals surface area contributed by atoms with E-state index < -0.39 is 18.7 Å². The SMILES string of the molecule is O=C(OC(Cc1c(Cl)cncc1Cl)c1ccc(OC(F)F)c(OCC2CC2)c1)c1ccc(Cl)s1. The molecule has 1 saturated carbocycles. The number of thiophene rings is 1. The van der Waals surface area contributed by atoms with Crippen molar-refractivity contribution in [2.45, 2.75) is 32.0 Å². The molecule has 4 rings (SSSR count). The molecule has 1 aliphatic rings. The number of halogens is 5. The van der Waals surface area contributed by atoms with Crippen molar-refractivity contribution in [2.75, 3.05) is 6.61 Å². The Bertz CT molecular complexity index is 1150. The number of pyridine rings is 1. The predicted molar refractivity (Wildman–Crippen MR) is 127 cm³/mol. The second-order valence-electron chi connectivity index (χ2n) is 7.62. The Balaban J connectivity index is 1.67. The third-order valence-electron chi connectivity index (χ3n) is 5.09. The van der Waals surface area contributed by atoms with Crippen LogP contribution in [-0.2, 0) is 11.2 Å². The van der Waals surface area contributed by atoms with Gasteiger partial charge < -0.3 is 14.2 Å². The number of alkyl halides is 2. The van der Waals surface area contributed by atoms with Gasteiger partial charge in [-0.25, -0.2) is 4.79 Å². The number of aromatic nitrogens is 1. The van der Waals surface area contributed by atoms with Crippen molar-refractivity contribution in [3.05, 3.63) is 73.1 Å². The van der Waals surface area contributed by atoms with Crippen LogP contribution in [0.4, 0.5) is 8.78 Å². The van der Waals surface area contributed by atoms with E-state index >= 15 is 0 Å². The highest BCUT2D eigenvalue weighted by Gasteiger charge is 2.26. The summed E-state index contributed by atoms with van der Waals surface area (Å²) in [5.41, 5.74) is 1.01. The molecular weight excluding hydrogens is 531 g/mol. The van der Waals surface area contributed by atoms with E-state index in [0.29, 0.717) is 42.9 Å². The molecule has 2 aromatic heterocycles. The number of hydrogen-bond donors (Lipinski definition) is 0. The lowest BCUT2D eigenvalue weighted by atomic mass is 10.0. The van der Waals surface area contributed by atoms with Crippen molar-refractivity contribution in [1.29, 1.82) is 0 Å². The van der Waals surface area contributed by atoms with Crippen LogP contribution in [0.3, 0.4) is 0 Å². The molecule has 0 bridgehead atoms. The quantitative estimate of drug-likeness (QED) is 0.244. The summed E-state index contributed by atoms with van der Waals surface area (Å²) in [5.74, 6) is -0.183. The molecule has 0 spiro atoms. The molecule has 1 atom stereocenters. The van der Waals surface area contributed by atoms with Crippen LogP contribution in [0.15, 0.2) is 42.7 Å². The van der Waals surface area contributed by atoms with Crippen molar-refractivity contribution in [2.24, 2.45) is 5.92 Å². The molecule has 0 saturated heterocycles. The number of carbonyl (C=O) groups excluding carboxylic acids is 1. The average molecular weight is 549 g/mol. The Morgan fingerprint density at radius 3 is 2.44 bits per heavy atom. The minimum atomic E-state index is -3.01. The maximum absolute atomic E-state index is 12.9. The van der Waals surface area contributed by atoms with E-state index in [1.807, 2.05) is 0 Å². The summed E-state index contributed by atoms with van der Waals surface area (Å²) in [4.78, 5) is 17.1. The first-order valence-electron chi connectivity index (χ1n) is 10.3. The van der Waals surface area contributed by atoms with E-state index in [0.717, 1.165) is 24.2 Å². The molecule has 1 fully saturated rings. The third kappa shape index (κ3) is 6.50. The van der Waals surface area contributed by atoms with Crippen LogP contribution in [0, 0.1) is 5.92 Å². The Morgan fingerprint density at radius 2 is 1.82 bits per heavy atom. The number of ether oxygens (including phenoxy) is 3. The molecule has 5 nitrogen and oxygen atoms in total. The molecule has 180 valence electrons. The Hall–Kier alpha value is -2.13. The number of nitrogens with zero attached hydrogens (tertiary/aromatic N) is 1. The molecule has 1 unspecified atom stereocenters. The Labute approximate surface area is 213 Å². The van der Waals surface area contributed by atoms with Crippen LogP contribution in [0.5, 0.6) is 11.5 Å². The van der Waals surface area contributed by atoms with Crippen molar-refractivity contribution in [3.63, 3.8) is 0 Å². The fraction of sp³-hybridized carbons (Fsp3) is 0.304. The van der Waals surface area contributed by atoms with E-state index in [2.05, 4.69) is 9.72 Å². The second kappa shape index (κ2) is 11.1. The van der Waals surface area contributed by atoms with Gasteiger partial charge in [0, 0.05) is 18.8 Å². The van der Waals surface area contributed by atoms with Gasteiger partial charge >= 0.3 is 12.6 Å². The first kappa shape index (κ1) is 25.0. The number of benzene rings is 1. The van der Waals surface area contributed by atoms with Crippen LogP contribution in [0.1, 0.15) is 39.7 Å². The highest BCUT2D eigenvalue weighted by Crippen LogP contribution is 2.38. The number of hydrogen-bond acceptors (Lipinski definition) is 6. The minimum absolute atomic E-state index is 0.102. The molecule has 0 N–H and O–H groups in total. The largest absolute Gasteiger partial charge is 0.489 e. The molecule has 0 aliphatic heterocycles. The molecule has 34 heavy (non-hydrogen) atoms. The van der Waals surface area contributed by atoms with Crippen LogP contribution in [-0.4, -0.2) is 24.2 Å². The normalized spacial score (nSPS) is 14.2. The summed E-state index contributed by atoms with van der Waals surface area (Å²) in [5, 5.41) is 0.603. The number of carbonyl (C=O) groups is 1. The standard InChI is InChI=1S/C23H18Cl3F2NO4S/c24-15-9-29-10-16(25)14(15)8-18(32-22(30)20-5-6-21(26)34-20)13-3-4-17(33-23(27)28)19(7-13)31-11-12-1-2-12/h3-7,9-10,12,18,23H,1-2,8,11H2. The van der Waals surface area contributed by atoms with Crippen molar-refractivity contribution in [1.82, 2.24) is 4.98 Å². The molecule has 1 aliphatic carbocycles. The first-order chi connectivity index (χ1) is 16.3. The Morgan fingerprint density at radius 1 is 1.09 bits per heavy atom. The molecule has 11 heteroatoms. The smallest absolute Gasteiger partial charge is 0.387 e. The summed E-state index contributed by atoms with van der Waals surface area (Å²) < 4.78 is 42.4. The van der Waals surface area contributed by atoms with Crippen LogP contribution < -0.4 is 9.47 Å². The van der Waals surface area contributed by atoms with Gasteiger partial charge in [0.2, 0.25) is 0 Å². The van der Waals surface area contributed by atoms with Crippen LogP contribution in [0.25, 0.3) is 0 Å². The fourth-order valence-corrected chi connectivity index (χ4v) is 4.63. The first-order valence-corrected chi connectivity index (χ1v) is 12.2. The van der Waals surface area contributed by atoms with Crippen LogP contribution in [0.2, 0.25) is 14.4 Å². The van der Waals surface area contributed by atoms with Gasteiger partial charge in [0.15, 0.2) is 11.5 Å². The highest BCUT2D eigenvalue weighted by molar-refractivity contribution is 7.17. The number of rotatable bonds is 10. The minimum Gasteiger partial charge on any atom is -0.489 e.